The van der Waals surface area contributed by atoms with Crippen LogP contribution in [0.15, 0.2) is 66.3 Å². The summed E-state index contributed by atoms with van der Waals surface area (Å²) in [4.78, 5) is 25.8. The molecule has 0 aromatic heterocycles. The number of nitrogens with zero attached hydrogens (tertiary/aromatic N) is 2. The first-order valence-corrected chi connectivity index (χ1v) is 11.9. The van der Waals surface area contributed by atoms with Gasteiger partial charge in [0.15, 0.2) is 11.5 Å². The third-order valence-corrected chi connectivity index (χ3v) is 6.86. The van der Waals surface area contributed by atoms with Crippen molar-refractivity contribution in [2.75, 3.05) is 6.61 Å². The molecule has 2 aromatic carbocycles. The number of fused-ring (bicyclic) bond motifs is 5. The maximum Gasteiger partial charge on any atom is 0.254 e. The van der Waals surface area contributed by atoms with Gasteiger partial charge in [0.25, 0.3) is 11.8 Å². The zero-order valence-corrected chi connectivity index (χ0v) is 19.5. The van der Waals surface area contributed by atoms with Crippen LogP contribution in [0, 0.1) is 29.5 Å². The second-order valence-electron chi connectivity index (χ2n) is 9.08. The summed E-state index contributed by atoms with van der Waals surface area (Å²) in [6.45, 7) is 6.28. The summed E-state index contributed by atoms with van der Waals surface area (Å²) in [5.74, 6) is -0.0274. The zero-order valence-electron chi connectivity index (χ0n) is 19.5. The summed E-state index contributed by atoms with van der Waals surface area (Å²) in [7, 11) is 0. The molecule has 2 fully saturated rings. The summed E-state index contributed by atoms with van der Waals surface area (Å²) in [6.07, 6.45) is 8.76. The van der Waals surface area contributed by atoms with Crippen molar-refractivity contribution in [3.8, 4) is 11.5 Å². The van der Waals surface area contributed by atoms with E-state index in [1.54, 1.807) is 24.3 Å². The highest BCUT2D eigenvalue weighted by Crippen LogP contribution is 2.52. The average Bonchev–Trinajstić information content (AvgIpc) is 3.52. The largest absolute Gasteiger partial charge is 0.490 e. The number of imide groups is 1. The van der Waals surface area contributed by atoms with Gasteiger partial charge in [-0.25, -0.2) is 4.39 Å². The van der Waals surface area contributed by atoms with Gasteiger partial charge in [0.2, 0.25) is 0 Å². The van der Waals surface area contributed by atoms with Crippen LogP contribution in [0.3, 0.4) is 0 Å². The van der Waals surface area contributed by atoms with E-state index < -0.39 is 0 Å². The lowest BCUT2D eigenvalue weighted by Crippen LogP contribution is -2.28. The van der Waals surface area contributed by atoms with Crippen LogP contribution in [0.1, 0.15) is 30.0 Å². The van der Waals surface area contributed by atoms with Gasteiger partial charge in [-0.1, -0.05) is 30.4 Å². The monoisotopic (exact) mass is 474 g/mol. The van der Waals surface area contributed by atoms with E-state index in [-0.39, 0.29) is 47.9 Å². The highest BCUT2D eigenvalue weighted by atomic mass is 19.1. The summed E-state index contributed by atoms with van der Waals surface area (Å²) in [5.41, 5.74) is 2.17. The van der Waals surface area contributed by atoms with Crippen LogP contribution in [0.25, 0.3) is 0 Å². The summed E-state index contributed by atoms with van der Waals surface area (Å²) < 4.78 is 25.5. The Morgan fingerprint density at radius 2 is 1.86 bits per heavy atom. The lowest BCUT2D eigenvalue weighted by atomic mass is 9.85. The van der Waals surface area contributed by atoms with Crippen LogP contribution in [-0.4, -0.2) is 29.6 Å². The quantitative estimate of drug-likeness (QED) is 0.301. The Morgan fingerprint density at radius 3 is 2.51 bits per heavy atom. The van der Waals surface area contributed by atoms with Crippen LogP contribution in [-0.2, 0) is 22.6 Å². The van der Waals surface area contributed by atoms with Crippen molar-refractivity contribution in [2.24, 2.45) is 28.8 Å². The molecule has 0 N–H and O–H groups in total. The second-order valence-corrected chi connectivity index (χ2v) is 9.08. The number of hydrazone groups is 1. The first-order valence-electron chi connectivity index (χ1n) is 11.9. The van der Waals surface area contributed by atoms with Crippen molar-refractivity contribution >= 4 is 18.0 Å². The van der Waals surface area contributed by atoms with Crippen LogP contribution in [0.2, 0.25) is 0 Å². The molecule has 5 rings (SSSR count). The smallest absolute Gasteiger partial charge is 0.254 e. The van der Waals surface area contributed by atoms with Gasteiger partial charge in [-0.15, -0.1) is 6.58 Å². The Morgan fingerprint density at radius 1 is 1.11 bits per heavy atom. The van der Waals surface area contributed by atoms with E-state index in [0.29, 0.717) is 35.7 Å². The molecule has 180 valence electrons. The van der Waals surface area contributed by atoms with Gasteiger partial charge in [-0.05, 0) is 67.0 Å². The maximum absolute atomic E-state index is 13.6. The van der Waals surface area contributed by atoms with E-state index in [2.05, 4.69) is 23.8 Å². The molecule has 1 heterocycles. The molecule has 0 radical (unpaired) electrons. The molecule has 0 spiro atoms. The Bertz CT molecular complexity index is 1210. The minimum atomic E-state index is -0.326. The normalized spacial score (nSPS) is 24.5. The molecule has 7 heteroatoms. The van der Waals surface area contributed by atoms with Crippen molar-refractivity contribution < 1.29 is 23.5 Å². The number of rotatable bonds is 9. The van der Waals surface area contributed by atoms with Gasteiger partial charge in [0.1, 0.15) is 12.4 Å². The lowest BCUT2D eigenvalue weighted by Gasteiger charge is -2.17. The third-order valence-electron chi connectivity index (χ3n) is 6.86. The molecule has 2 amide bonds. The highest BCUT2D eigenvalue weighted by Gasteiger charge is 2.59. The molecule has 1 saturated carbocycles. The van der Waals surface area contributed by atoms with E-state index in [1.165, 1.54) is 18.3 Å². The van der Waals surface area contributed by atoms with Gasteiger partial charge in [-0.3, -0.25) is 9.59 Å². The molecule has 3 aliphatic rings. The second kappa shape index (κ2) is 9.49. The van der Waals surface area contributed by atoms with Crippen molar-refractivity contribution in [1.82, 2.24) is 5.01 Å². The number of allylic oxidation sites excluding steroid dienone is 3. The Hall–Kier alpha value is -3.74. The molecular weight excluding hydrogens is 447 g/mol. The van der Waals surface area contributed by atoms with Crippen molar-refractivity contribution in [2.45, 2.75) is 26.4 Å². The third kappa shape index (κ3) is 4.27. The van der Waals surface area contributed by atoms with E-state index in [0.717, 1.165) is 17.0 Å². The van der Waals surface area contributed by atoms with Crippen LogP contribution >= 0.6 is 0 Å². The van der Waals surface area contributed by atoms with Gasteiger partial charge in [0, 0.05) is 5.56 Å². The predicted octanol–water partition coefficient (Wildman–Crippen LogP) is 4.67. The van der Waals surface area contributed by atoms with Crippen LogP contribution < -0.4 is 9.47 Å². The summed E-state index contributed by atoms with van der Waals surface area (Å²) in [5, 5.41) is 5.32. The number of carbonyl (C=O) groups excluding carboxylic acids is 2. The molecule has 35 heavy (non-hydrogen) atoms. The number of hydrogen-bond donors (Lipinski definition) is 0. The molecule has 4 atom stereocenters. The molecular formula is C28H27FN2O4. The minimum Gasteiger partial charge on any atom is -0.490 e. The fourth-order valence-electron chi connectivity index (χ4n) is 5.40. The first-order chi connectivity index (χ1) is 17.0. The number of carbonyl (C=O) groups is 2. The Labute approximate surface area is 203 Å². The van der Waals surface area contributed by atoms with Crippen molar-refractivity contribution in [3.63, 3.8) is 0 Å². The first kappa shape index (κ1) is 23.0. The minimum absolute atomic E-state index is 0.139. The number of ether oxygens (including phenoxy) is 2. The Kier molecular flexibility index (Phi) is 6.24. The molecule has 2 bridgehead atoms. The fourth-order valence-corrected chi connectivity index (χ4v) is 5.40. The Balaban J connectivity index is 1.40. The van der Waals surface area contributed by atoms with Crippen LogP contribution in [0.5, 0.6) is 11.5 Å². The number of benzene rings is 2. The SMILES string of the molecule is C=CCc1cc(C=NN2C(=O)[C@@H]3[C@H](C2=O)[C@H]2C=C[C@H]3C2)cc(OCC)c1OCc1cccc(F)c1. The molecule has 1 saturated heterocycles. The summed E-state index contributed by atoms with van der Waals surface area (Å²) in [6, 6.07) is 9.87. The highest BCUT2D eigenvalue weighted by molar-refractivity contribution is 6.06. The number of hydrogen-bond acceptors (Lipinski definition) is 5. The predicted molar refractivity (Wildman–Crippen MR) is 129 cm³/mol. The topological polar surface area (TPSA) is 68.2 Å². The van der Waals surface area contributed by atoms with Crippen molar-refractivity contribution in [1.29, 1.82) is 0 Å². The lowest BCUT2D eigenvalue weighted by molar-refractivity contribution is -0.140. The van der Waals surface area contributed by atoms with Crippen molar-refractivity contribution in [3.05, 3.63) is 83.7 Å². The van der Waals surface area contributed by atoms with E-state index in [9.17, 15) is 14.0 Å². The van der Waals surface area contributed by atoms with Gasteiger partial charge in [-0.2, -0.15) is 10.1 Å². The molecule has 2 aliphatic carbocycles. The number of halogens is 1. The molecule has 2 aromatic rings. The molecule has 6 nitrogen and oxygen atoms in total. The van der Waals surface area contributed by atoms with E-state index in [4.69, 9.17) is 9.47 Å². The van der Waals surface area contributed by atoms with Gasteiger partial charge >= 0.3 is 0 Å². The number of amides is 2. The van der Waals surface area contributed by atoms with Crippen LogP contribution in [0.4, 0.5) is 4.39 Å². The van der Waals surface area contributed by atoms with Gasteiger partial charge < -0.3 is 9.47 Å². The van der Waals surface area contributed by atoms with E-state index >= 15 is 0 Å². The van der Waals surface area contributed by atoms with E-state index in [1.807, 2.05) is 13.0 Å². The van der Waals surface area contributed by atoms with Gasteiger partial charge in [0.05, 0.1) is 24.7 Å². The zero-order chi connectivity index (χ0) is 24.5. The molecule has 1 aliphatic heterocycles. The standard InChI is InChI=1S/C28H27FN2O4/c1-3-6-21-11-18(13-23(34-4-2)26(21)35-16-17-7-5-8-22(29)12-17)15-30-31-27(32)24-19-9-10-20(14-19)25(24)28(31)33/h3,5,7-13,15,19-20,24-25H,1,4,6,14,16H2,2H3/t19-,20-,24-,25+/m0/s1. The maximum atomic E-state index is 13.6. The fraction of sp³-hybridized carbons (Fsp3) is 0.321. The average molecular weight is 475 g/mol. The summed E-state index contributed by atoms with van der Waals surface area (Å²) >= 11 is 0. The molecule has 0 unspecified atom stereocenters.